The summed E-state index contributed by atoms with van der Waals surface area (Å²) in [6, 6.07) is 3.20. The predicted molar refractivity (Wildman–Crippen MR) is 96.5 cm³/mol. The van der Waals surface area contributed by atoms with Gasteiger partial charge < -0.3 is 16.0 Å². The Morgan fingerprint density at radius 3 is 2.71 bits per heavy atom. The van der Waals surface area contributed by atoms with E-state index in [0.29, 0.717) is 28.0 Å². The minimum absolute atomic E-state index is 0.0690. The Morgan fingerprint density at radius 1 is 1.29 bits per heavy atom. The molecular weight excluding hydrogens is 349 g/mol. The molecule has 2 aromatic rings. The number of benzene rings is 1. The molecule has 1 fully saturated rings. The van der Waals surface area contributed by atoms with Crippen molar-refractivity contribution in [1.82, 2.24) is 9.97 Å². The van der Waals surface area contributed by atoms with E-state index in [9.17, 15) is 4.79 Å². The molecule has 0 aliphatic carbocycles. The van der Waals surface area contributed by atoms with Crippen molar-refractivity contribution in [3.05, 3.63) is 40.8 Å². The third-order valence-corrected chi connectivity index (χ3v) is 4.64. The van der Waals surface area contributed by atoms with Crippen molar-refractivity contribution in [2.75, 3.05) is 29.0 Å². The lowest BCUT2D eigenvalue weighted by Gasteiger charge is -2.32. The number of hydrogen-bond acceptors (Lipinski definition) is 5. The number of piperidine rings is 1. The molecule has 2 heterocycles. The Labute approximate surface area is 150 Å². The molecule has 6 nitrogen and oxygen atoms in total. The summed E-state index contributed by atoms with van der Waals surface area (Å²) < 4.78 is 0. The summed E-state index contributed by atoms with van der Waals surface area (Å²) >= 11 is 12.0. The van der Waals surface area contributed by atoms with Gasteiger partial charge in [0.2, 0.25) is 5.91 Å². The number of nitrogens with one attached hydrogen (secondary N) is 1. The van der Waals surface area contributed by atoms with Crippen LogP contribution in [-0.2, 0) is 4.79 Å². The average Bonchev–Trinajstić information content (AvgIpc) is 2.60. The van der Waals surface area contributed by atoms with Crippen LogP contribution in [0.1, 0.15) is 12.8 Å². The quantitative estimate of drug-likeness (QED) is 0.815. The highest BCUT2D eigenvalue weighted by Crippen LogP contribution is 2.31. The van der Waals surface area contributed by atoms with Crippen LogP contribution in [0.3, 0.4) is 0 Å². The van der Waals surface area contributed by atoms with Crippen LogP contribution in [0.15, 0.2) is 30.7 Å². The molecule has 0 radical (unpaired) electrons. The zero-order valence-corrected chi connectivity index (χ0v) is 14.4. The molecule has 0 unspecified atom stereocenters. The summed E-state index contributed by atoms with van der Waals surface area (Å²) in [7, 11) is 0. The SMILES string of the molecule is Nc1c(Cl)cc(NC(=O)[C@@H]2CCCN(c3cnccn3)C2)cc1Cl. The first-order valence-corrected chi connectivity index (χ1v) is 8.36. The van der Waals surface area contributed by atoms with E-state index in [-0.39, 0.29) is 11.8 Å². The highest BCUT2D eigenvalue weighted by atomic mass is 35.5. The molecule has 0 saturated carbocycles. The number of nitrogen functional groups attached to an aromatic ring is 1. The van der Waals surface area contributed by atoms with Gasteiger partial charge in [-0.1, -0.05) is 23.2 Å². The van der Waals surface area contributed by atoms with E-state index in [2.05, 4.69) is 20.2 Å². The van der Waals surface area contributed by atoms with E-state index < -0.39 is 0 Å². The smallest absolute Gasteiger partial charge is 0.229 e. The Bertz CT molecular complexity index is 717. The molecule has 126 valence electrons. The maximum absolute atomic E-state index is 12.6. The van der Waals surface area contributed by atoms with Crippen LogP contribution in [0.25, 0.3) is 0 Å². The lowest BCUT2D eigenvalue weighted by atomic mass is 9.97. The molecule has 3 rings (SSSR count). The van der Waals surface area contributed by atoms with E-state index in [1.165, 1.54) is 0 Å². The summed E-state index contributed by atoms with van der Waals surface area (Å²) in [5.41, 5.74) is 6.56. The summed E-state index contributed by atoms with van der Waals surface area (Å²) in [5, 5.41) is 3.51. The molecule has 3 N–H and O–H groups in total. The molecule has 0 spiro atoms. The minimum Gasteiger partial charge on any atom is -0.396 e. The second-order valence-electron chi connectivity index (χ2n) is 5.69. The van der Waals surface area contributed by atoms with Gasteiger partial charge in [0, 0.05) is 31.2 Å². The third kappa shape index (κ3) is 3.71. The molecule has 1 aromatic carbocycles. The fourth-order valence-corrected chi connectivity index (χ4v) is 3.24. The number of nitrogens with zero attached hydrogens (tertiary/aromatic N) is 3. The van der Waals surface area contributed by atoms with Crippen molar-refractivity contribution in [3.63, 3.8) is 0 Å². The van der Waals surface area contributed by atoms with Crippen LogP contribution >= 0.6 is 23.2 Å². The molecular formula is C16H17Cl2N5O. The fourth-order valence-electron chi connectivity index (χ4n) is 2.75. The first-order chi connectivity index (χ1) is 11.5. The van der Waals surface area contributed by atoms with Gasteiger partial charge in [0.25, 0.3) is 0 Å². The van der Waals surface area contributed by atoms with Crippen molar-refractivity contribution in [3.8, 4) is 0 Å². The fraction of sp³-hybridized carbons (Fsp3) is 0.312. The number of amides is 1. The number of anilines is 3. The van der Waals surface area contributed by atoms with E-state index in [1.54, 1.807) is 30.7 Å². The molecule has 1 aliphatic rings. The van der Waals surface area contributed by atoms with Gasteiger partial charge in [-0.2, -0.15) is 0 Å². The van der Waals surface area contributed by atoms with Crippen molar-refractivity contribution in [2.45, 2.75) is 12.8 Å². The number of halogens is 2. The van der Waals surface area contributed by atoms with Crippen LogP contribution in [0.4, 0.5) is 17.2 Å². The largest absolute Gasteiger partial charge is 0.396 e. The normalized spacial score (nSPS) is 17.6. The van der Waals surface area contributed by atoms with Crippen LogP contribution in [0.5, 0.6) is 0 Å². The molecule has 8 heteroatoms. The molecule has 0 bridgehead atoms. The maximum Gasteiger partial charge on any atom is 0.229 e. The van der Waals surface area contributed by atoms with Crippen LogP contribution in [0.2, 0.25) is 10.0 Å². The monoisotopic (exact) mass is 365 g/mol. The van der Waals surface area contributed by atoms with Crippen LogP contribution in [0, 0.1) is 5.92 Å². The van der Waals surface area contributed by atoms with E-state index in [4.69, 9.17) is 28.9 Å². The lowest BCUT2D eigenvalue weighted by molar-refractivity contribution is -0.120. The molecule has 24 heavy (non-hydrogen) atoms. The number of hydrogen-bond donors (Lipinski definition) is 2. The molecule has 1 amide bonds. The highest BCUT2D eigenvalue weighted by Gasteiger charge is 2.26. The van der Waals surface area contributed by atoms with E-state index in [1.807, 2.05) is 0 Å². The van der Waals surface area contributed by atoms with E-state index in [0.717, 1.165) is 25.2 Å². The standard InChI is InChI=1S/C16H17Cl2N5O/c17-12-6-11(7-13(18)15(12)19)22-16(24)10-2-1-5-23(9-10)14-8-20-3-4-21-14/h3-4,6-8,10H,1-2,5,9,19H2,(H,22,24)/t10-/m1/s1. The first-order valence-electron chi connectivity index (χ1n) is 7.61. The van der Waals surface area contributed by atoms with Gasteiger partial charge in [0.05, 0.1) is 27.8 Å². The predicted octanol–water partition coefficient (Wildman–Crippen LogP) is 3.22. The van der Waals surface area contributed by atoms with Crippen molar-refractivity contribution >= 4 is 46.3 Å². The zero-order chi connectivity index (χ0) is 17.1. The number of carbonyl (C=O) groups excluding carboxylic acids is 1. The Morgan fingerprint density at radius 2 is 2.04 bits per heavy atom. The number of nitrogens with two attached hydrogens (primary N) is 1. The van der Waals surface area contributed by atoms with Gasteiger partial charge in [0.15, 0.2) is 0 Å². The van der Waals surface area contributed by atoms with Crippen LogP contribution in [-0.4, -0.2) is 29.0 Å². The number of rotatable bonds is 3. The van der Waals surface area contributed by atoms with Gasteiger partial charge in [-0.15, -0.1) is 0 Å². The summed E-state index contributed by atoms with van der Waals surface area (Å²) in [6.07, 6.45) is 6.72. The van der Waals surface area contributed by atoms with Gasteiger partial charge >= 0.3 is 0 Å². The number of carbonyl (C=O) groups is 1. The van der Waals surface area contributed by atoms with E-state index >= 15 is 0 Å². The summed E-state index contributed by atoms with van der Waals surface area (Å²) in [6.45, 7) is 1.46. The van der Waals surface area contributed by atoms with Crippen molar-refractivity contribution in [1.29, 1.82) is 0 Å². The van der Waals surface area contributed by atoms with Gasteiger partial charge in [-0.25, -0.2) is 4.98 Å². The zero-order valence-electron chi connectivity index (χ0n) is 12.9. The van der Waals surface area contributed by atoms with Crippen LogP contribution < -0.4 is 16.0 Å². The Kier molecular flexibility index (Phi) is 5.06. The second kappa shape index (κ2) is 7.23. The topological polar surface area (TPSA) is 84.1 Å². The summed E-state index contributed by atoms with van der Waals surface area (Å²) in [5.74, 6) is 0.574. The second-order valence-corrected chi connectivity index (χ2v) is 6.51. The molecule has 1 saturated heterocycles. The third-order valence-electron chi connectivity index (χ3n) is 4.01. The Hall–Kier alpha value is -2.05. The van der Waals surface area contributed by atoms with Gasteiger partial charge in [-0.3, -0.25) is 9.78 Å². The molecule has 1 aromatic heterocycles. The van der Waals surface area contributed by atoms with Crippen molar-refractivity contribution < 1.29 is 4.79 Å². The highest BCUT2D eigenvalue weighted by molar-refractivity contribution is 6.39. The maximum atomic E-state index is 12.6. The first kappa shape index (κ1) is 16.8. The van der Waals surface area contributed by atoms with Gasteiger partial charge in [-0.05, 0) is 25.0 Å². The summed E-state index contributed by atoms with van der Waals surface area (Å²) in [4.78, 5) is 23.0. The average molecular weight is 366 g/mol. The Balaban J connectivity index is 1.69. The lowest BCUT2D eigenvalue weighted by Crippen LogP contribution is -2.41. The molecule has 1 aliphatic heterocycles. The minimum atomic E-state index is -0.143. The van der Waals surface area contributed by atoms with Crippen molar-refractivity contribution in [2.24, 2.45) is 5.92 Å². The number of aromatic nitrogens is 2. The van der Waals surface area contributed by atoms with Gasteiger partial charge in [0.1, 0.15) is 5.82 Å². The molecule has 1 atom stereocenters.